The van der Waals surface area contributed by atoms with E-state index in [0.717, 1.165) is 25.4 Å². The molecule has 1 aromatic carbocycles. The second-order valence-corrected chi connectivity index (χ2v) is 10.7. The Kier molecular flexibility index (Phi) is 8.65. The molecule has 2 fully saturated rings. The van der Waals surface area contributed by atoms with Crippen LogP contribution in [0.2, 0.25) is 0 Å². The van der Waals surface area contributed by atoms with Gasteiger partial charge in [-0.05, 0) is 62.0 Å². The van der Waals surface area contributed by atoms with Gasteiger partial charge in [-0.3, -0.25) is 9.69 Å². The van der Waals surface area contributed by atoms with Crippen molar-refractivity contribution >= 4 is 5.91 Å². The molecule has 0 bridgehead atoms. The van der Waals surface area contributed by atoms with Crippen molar-refractivity contribution in [2.45, 2.75) is 96.1 Å². The number of hydrogen-bond acceptors (Lipinski definition) is 3. The van der Waals surface area contributed by atoms with E-state index in [0.29, 0.717) is 24.8 Å². The molecule has 2 atom stereocenters. The summed E-state index contributed by atoms with van der Waals surface area (Å²) in [6, 6.07) is 9.28. The summed E-state index contributed by atoms with van der Waals surface area (Å²) in [6.07, 6.45) is 14.6. The minimum Gasteiger partial charge on any atom is -0.395 e. The highest BCUT2D eigenvalue weighted by Gasteiger charge is 2.37. The van der Waals surface area contributed by atoms with Crippen molar-refractivity contribution in [1.82, 2.24) is 9.80 Å². The Labute approximate surface area is 195 Å². The lowest BCUT2D eigenvalue weighted by Crippen LogP contribution is -2.47. The maximum Gasteiger partial charge on any atom is 0.224 e. The summed E-state index contributed by atoms with van der Waals surface area (Å²) in [6.45, 7) is 4.94. The number of rotatable bonds is 8. The quantitative estimate of drug-likeness (QED) is 0.593. The van der Waals surface area contributed by atoms with Crippen molar-refractivity contribution in [3.63, 3.8) is 0 Å². The summed E-state index contributed by atoms with van der Waals surface area (Å²) in [5, 5.41) is 9.68. The van der Waals surface area contributed by atoms with E-state index in [9.17, 15) is 9.90 Å². The standard InChI is InChI=1S/C28H44N2O2/c1-22(29(18-19-31)21-23-10-4-2-5-11-23)20-27(32)30-17-16-24-12-8-9-15-26(24)28(30)25-13-6-3-7-14-25/h8-9,12,15,22-23,25,28,31H,2-7,10-11,13-14,16-21H2,1H3. The Morgan fingerprint density at radius 1 is 1.06 bits per heavy atom. The fourth-order valence-corrected chi connectivity index (χ4v) is 6.66. The van der Waals surface area contributed by atoms with Gasteiger partial charge >= 0.3 is 0 Å². The van der Waals surface area contributed by atoms with Crippen LogP contribution in [0.5, 0.6) is 0 Å². The summed E-state index contributed by atoms with van der Waals surface area (Å²) in [7, 11) is 0. The molecule has 178 valence electrons. The molecule has 0 radical (unpaired) electrons. The Hall–Kier alpha value is -1.39. The molecule has 1 amide bonds. The van der Waals surface area contributed by atoms with Gasteiger partial charge < -0.3 is 10.0 Å². The van der Waals surface area contributed by atoms with E-state index >= 15 is 0 Å². The first-order valence-corrected chi connectivity index (χ1v) is 13.4. The van der Waals surface area contributed by atoms with Gasteiger partial charge in [0.15, 0.2) is 0 Å². The van der Waals surface area contributed by atoms with E-state index in [2.05, 4.69) is 41.0 Å². The average Bonchev–Trinajstić information content (AvgIpc) is 2.84. The van der Waals surface area contributed by atoms with Gasteiger partial charge in [0.05, 0.1) is 12.6 Å². The zero-order valence-corrected chi connectivity index (χ0v) is 20.2. The van der Waals surface area contributed by atoms with Crippen molar-refractivity contribution in [3.8, 4) is 0 Å². The van der Waals surface area contributed by atoms with Crippen LogP contribution in [0.25, 0.3) is 0 Å². The van der Waals surface area contributed by atoms with Gasteiger partial charge in [0.2, 0.25) is 5.91 Å². The number of amides is 1. The van der Waals surface area contributed by atoms with Crippen molar-refractivity contribution in [1.29, 1.82) is 0 Å². The van der Waals surface area contributed by atoms with Gasteiger partial charge in [0.25, 0.3) is 0 Å². The summed E-state index contributed by atoms with van der Waals surface area (Å²) in [5.41, 5.74) is 2.85. The lowest BCUT2D eigenvalue weighted by molar-refractivity contribution is -0.137. The van der Waals surface area contributed by atoms with Crippen molar-refractivity contribution in [3.05, 3.63) is 35.4 Å². The van der Waals surface area contributed by atoms with Gasteiger partial charge in [-0.25, -0.2) is 0 Å². The largest absolute Gasteiger partial charge is 0.395 e. The van der Waals surface area contributed by atoms with Crippen molar-refractivity contribution < 1.29 is 9.90 Å². The van der Waals surface area contributed by atoms with Crippen LogP contribution in [0, 0.1) is 11.8 Å². The molecule has 0 spiro atoms. The molecule has 1 N–H and O–H groups in total. The Bertz CT molecular complexity index is 724. The predicted molar refractivity (Wildman–Crippen MR) is 130 cm³/mol. The lowest BCUT2D eigenvalue weighted by atomic mass is 9.77. The third-order valence-electron chi connectivity index (χ3n) is 8.45. The first-order valence-electron chi connectivity index (χ1n) is 13.4. The van der Waals surface area contributed by atoms with E-state index in [1.54, 1.807) is 0 Å². The number of aliphatic hydroxyl groups excluding tert-OH is 1. The number of benzene rings is 1. The van der Waals surface area contributed by atoms with Gasteiger partial charge in [0, 0.05) is 32.1 Å². The van der Waals surface area contributed by atoms with Crippen LogP contribution in [0.4, 0.5) is 0 Å². The smallest absolute Gasteiger partial charge is 0.224 e. The molecule has 1 aromatic rings. The summed E-state index contributed by atoms with van der Waals surface area (Å²) in [4.78, 5) is 18.3. The zero-order chi connectivity index (χ0) is 22.3. The molecule has 4 heteroatoms. The molecule has 1 heterocycles. The van der Waals surface area contributed by atoms with Crippen LogP contribution in [0.1, 0.15) is 94.7 Å². The number of aliphatic hydroxyl groups is 1. The number of nitrogens with zero attached hydrogens (tertiary/aromatic N) is 2. The summed E-state index contributed by atoms with van der Waals surface area (Å²) < 4.78 is 0. The van der Waals surface area contributed by atoms with Crippen molar-refractivity contribution in [2.75, 3.05) is 26.2 Å². The molecule has 2 saturated carbocycles. The highest BCUT2D eigenvalue weighted by atomic mass is 16.3. The fraction of sp³-hybridized carbons (Fsp3) is 0.750. The molecule has 2 aliphatic carbocycles. The first-order chi connectivity index (χ1) is 15.7. The van der Waals surface area contributed by atoms with Crippen LogP contribution >= 0.6 is 0 Å². The predicted octanol–water partition coefficient (Wildman–Crippen LogP) is 5.35. The molecule has 32 heavy (non-hydrogen) atoms. The first kappa shape index (κ1) is 23.8. The van der Waals surface area contributed by atoms with Gasteiger partial charge in [-0.1, -0.05) is 62.8 Å². The molecule has 1 aliphatic heterocycles. The molecular weight excluding hydrogens is 396 g/mol. The monoisotopic (exact) mass is 440 g/mol. The molecule has 4 nitrogen and oxygen atoms in total. The van der Waals surface area contributed by atoms with Gasteiger partial charge in [0.1, 0.15) is 0 Å². The fourth-order valence-electron chi connectivity index (χ4n) is 6.66. The third-order valence-corrected chi connectivity index (χ3v) is 8.45. The van der Waals surface area contributed by atoms with Crippen LogP contribution in [-0.2, 0) is 11.2 Å². The number of hydrogen-bond donors (Lipinski definition) is 1. The van der Waals surface area contributed by atoms with E-state index in [-0.39, 0.29) is 18.7 Å². The topological polar surface area (TPSA) is 43.8 Å². The summed E-state index contributed by atoms with van der Waals surface area (Å²) >= 11 is 0. The second kappa shape index (κ2) is 11.7. The SMILES string of the molecule is CC(CC(=O)N1CCc2ccccc2C1C1CCCCC1)N(CCO)CC1CCCCC1. The van der Waals surface area contributed by atoms with E-state index in [4.69, 9.17) is 0 Å². The van der Waals surface area contributed by atoms with Crippen molar-refractivity contribution in [2.24, 2.45) is 11.8 Å². The maximum atomic E-state index is 13.7. The van der Waals surface area contributed by atoms with Crippen LogP contribution in [-0.4, -0.2) is 53.1 Å². The van der Waals surface area contributed by atoms with Crippen LogP contribution in [0.15, 0.2) is 24.3 Å². The number of carbonyl (C=O) groups excluding carboxylic acids is 1. The Morgan fingerprint density at radius 2 is 1.75 bits per heavy atom. The molecule has 2 unspecified atom stereocenters. The van der Waals surface area contributed by atoms with Crippen LogP contribution < -0.4 is 0 Å². The zero-order valence-electron chi connectivity index (χ0n) is 20.2. The highest BCUT2D eigenvalue weighted by Crippen LogP contribution is 2.42. The van der Waals surface area contributed by atoms with E-state index < -0.39 is 0 Å². The van der Waals surface area contributed by atoms with Gasteiger partial charge in [-0.2, -0.15) is 0 Å². The Morgan fingerprint density at radius 3 is 2.47 bits per heavy atom. The maximum absolute atomic E-state index is 13.7. The average molecular weight is 441 g/mol. The number of fused-ring (bicyclic) bond motifs is 1. The Balaban J connectivity index is 1.46. The minimum atomic E-state index is 0.174. The third kappa shape index (κ3) is 5.75. The molecule has 4 rings (SSSR count). The molecule has 0 aromatic heterocycles. The molecule has 3 aliphatic rings. The normalized spacial score (nSPS) is 23.8. The van der Waals surface area contributed by atoms with E-state index in [1.807, 2.05) is 0 Å². The molecule has 0 saturated heterocycles. The van der Waals surface area contributed by atoms with Crippen LogP contribution in [0.3, 0.4) is 0 Å². The lowest BCUT2D eigenvalue weighted by Gasteiger charge is -2.44. The second-order valence-electron chi connectivity index (χ2n) is 10.7. The van der Waals surface area contributed by atoms with Gasteiger partial charge in [-0.15, -0.1) is 0 Å². The summed E-state index contributed by atoms with van der Waals surface area (Å²) in [5.74, 6) is 1.64. The highest BCUT2D eigenvalue weighted by molar-refractivity contribution is 5.78. The van der Waals surface area contributed by atoms with E-state index in [1.165, 1.54) is 75.3 Å². The number of carbonyl (C=O) groups is 1. The minimum absolute atomic E-state index is 0.174. The molecular formula is C28H44N2O2.